The lowest BCUT2D eigenvalue weighted by molar-refractivity contribution is -0.135. The van der Waals surface area contributed by atoms with Crippen LogP contribution >= 0.6 is 0 Å². The molecule has 1 saturated heterocycles. The largest absolute Gasteiger partial charge is 0.335 e. The number of likely N-dealkylation sites (tertiary alicyclic amines) is 1. The van der Waals surface area contributed by atoms with Gasteiger partial charge in [0.2, 0.25) is 5.91 Å². The van der Waals surface area contributed by atoms with Crippen molar-refractivity contribution in [1.29, 1.82) is 0 Å². The van der Waals surface area contributed by atoms with E-state index in [0.29, 0.717) is 0 Å². The van der Waals surface area contributed by atoms with Crippen LogP contribution in [0.4, 0.5) is 0 Å². The van der Waals surface area contributed by atoms with Crippen molar-refractivity contribution in [3.05, 3.63) is 108 Å². The van der Waals surface area contributed by atoms with Crippen LogP contribution < -0.4 is 0 Å². The van der Waals surface area contributed by atoms with Crippen molar-refractivity contribution >= 4 is 5.91 Å². The summed E-state index contributed by atoms with van der Waals surface area (Å²) >= 11 is 0. The molecule has 0 aromatic heterocycles. The predicted octanol–water partition coefficient (Wildman–Crippen LogP) is 5.57. The number of hydrogen-bond donors (Lipinski definition) is 0. The Balaban J connectivity index is 1.72. The molecule has 0 aliphatic carbocycles. The molecule has 3 aromatic carbocycles. The minimum absolute atomic E-state index is 0.169. The first-order valence-corrected chi connectivity index (χ1v) is 9.80. The minimum atomic E-state index is -0.253. The van der Waals surface area contributed by atoms with Crippen molar-refractivity contribution in [2.45, 2.75) is 31.2 Å². The Bertz CT molecular complexity index is 821. The van der Waals surface area contributed by atoms with Gasteiger partial charge in [-0.15, -0.1) is 0 Å². The van der Waals surface area contributed by atoms with E-state index in [2.05, 4.69) is 53.4 Å². The Morgan fingerprint density at radius 1 is 0.741 bits per heavy atom. The monoisotopic (exact) mass is 355 g/mol. The van der Waals surface area contributed by atoms with E-state index in [1.54, 1.807) is 0 Å². The van der Waals surface area contributed by atoms with Crippen molar-refractivity contribution in [2.24, 2.45) is 0 Å². The van der Waals surface area contributed by atoms with Gasteiger partial charge < -0.3 is 4.90 Å². The van der Waals surface area contributed by atoms with Gasteiger partial charge in [-0.2, -0.15) is 0 Å². The molecule has 0 spiro atoms. The third-order valence-corrected chi connectivity index (χ3v) is 5.48. The van der Waals surface area contributed by atoms with Gasteiger partial charge >= 0.3 is 0 Å². The number of carbonyl (C=O) groups is 1. The van der Waals surface area contributed by atoms with E-state index in [1.807, 2.05) is 42.5 Å². The van der Waals surface area contributed by atoms with Crippen LogP contribution in [0.25, 0.3) is 0 Å². The third-order valence-electron chi connectivity index (χ3n) is 5.48. The summed E-state index contributed by atoms with van der Waals surface area (Å²) < 4.78 is 0. The summed E-state index contributed by atoms with van der Waals surface area (Å²) in [5.41, 5.74) is 3.36. The zero-order chi connectivity index (χ0) is 18.5. The lowest BCUT2D eigenvalue weighted by Crippen LogP contribution is -2.41. The van der Waals surface area contributed by atoms with Gasteiger partial charge in [-0.3, -0.25) is 4.79 Å². The summed E-state index contributed by atoms with van der Waals surface area (Å²) in [4.78, 5) is 15.9. The average molecular weight is 355 g/mol. The highest BCUT2D eigenvalue weighted by atomic mass is 16.2. The fraction of sp³-hybridized carbons (Fsp3) is 0.240. The van der Waals surface area contributed by atoms with Gasteiger partial charge in [-0.25, -0.2) is 0 Å². The van der Waals surface area contributed by atoms with Crippen molar-refractivity contribution in [1.82, 2.24) is 4.90 Å². The smallest absolute Gasteiger partial charge is 0.235 e. The zero-order valence-corrected chi connectivity index (χ0v) is 15.5. The fourth-order valence-electron chi connectivity index (χ4n) is 4.15. The minimum Gasteiger partial charge on any atom is -0.335 e. The molecule has 4 rings (SSSR count). The van der Waals surface area contributed by atoms with E-state index in [9.17, 15) is 4.79 Å². The SMILES string of the molecule is O=C(C(c1ccccc1)c1ccccc1)N1CCCC[C@H]1c1ccccc1. The molecule has 2 heteroatoms. The number of rotatable bonds is 4. The maximum absolute atomic E-state index is 13.8. The molecule has 1 atom stereocenters. The molecule has 1 amide bonds. The summed E-state index contributed by atoms with van der Waals surface area (Å²) in [5.74, 6) is -0.0438. The van der Waals surface area contributed by atoms with Crippen LogP contribution in [0, 0.1) is 0 Å². The first-order valence-electron chi connectivity index (χ1n) is 9.80. The first kappa shape index (κ1) is 17.5. The summed E-state index contributed by atoms with van der Waals surface area (Å²) in [7, 11) is 0. The Hall–Kier alpha value is -2.87. The van der Waals surface area contributed by atoms with Crippen molar-refractivity contribution in [3.8, 4) is 0 Å². The van der Waals surface area contributed by atoms with E-state index in [0.717, 1.165) is 30.5 Å². The van der Waals surface area contributed by atoms with Crippen LogP contribution in [-0.2, 0) is 4.79 Å². The van der Waals surface area contributed by atoms with Crippen molar-refractivity contribution in [2.75, 3.05) is 6.54 Å². The third kappa shape index (κ3) is 3.80. The quantitative estimate of drug-likeness (QED) is 0.599. The van der Waals surface area contributed by atoms with Crippen LogP contribution in [0.1, 0.15) is 47.9 Å². The first-order chi connectivity index (χ1) is 13.3. The molecule has 1 aliphatic heterocycles. The van der Waals surface area contributed by atoms with Crippen LogP contribution in [0.3, 0.4) is 0 Å². The maximum Gasteiger partial charge on any atom is 0.235 e. The molecular weight excluding hydrogens is 330 g/mol. The summed E-state index contributed by atoms with van der Waals surface area (Å²) in [6, 6.07) is 31.0. The van der Waals surface area contributed by atoms with Gasteiger partial charge in [0.1, 0.15) is 0 Å². The summed E-state index contributed by atoms with van der Waals surface area (Å²) in [6.45, 7) is 0.828. The molecule has 0 bridgehead atoms. The number of benzene rings is 3. The van der Waals surface area contributed by atoms with Crippen LogP contribution in [0.2, 0.25) is 0 Å². The second-order valence-corrected chi connectivity index (χ2v) is 7.21. The van der Waals surface area contributed by atoms with Gasteiger partial charge in [0.05, 0.1) is 12.0 Å². The topological polar surface area (TPSA) is 20.3 Å². The molecule has 1 fully saturated rings. The number of hydrogen-bond acceptors (Lipinski definition) is 1. The fourth-order valence-corrected chi connectivity index (χ4v) is 4.15. The number of nitrogens with zero attached hydrogens (tertiary/aromatic N) is 1. The van der Waals surface area contributed by atoms with Gasteiger partial charge in [-0.1, -0.05) is 91.0 Å². The van der Waals surface area contributed by atoms with E-state index in [-0.39, 0.29) is 17.9 Å². The highest BCUT2D eigenvalue weighted by molar-refractivity contribution is 5.87. The molecule has 1 aliphatic rings. The second-order valence-electron chi connectivity index (χ2n) is 7.21. The average Bonchev–Trinajstić information content (AvgIpc) is 2.76. The molecular formula is C25H25NO. The van der Waals surface area contributed by atoms with Crippen molar-refractivity contribution < 1.29 is 4.79 Å². The van der Waals surface area contributed by atoms with Gasteiger partial charge in [-0.05, 0) is 36.0 Å². The molecule has 0 unspecified atom stereocenters. The van der Waals surface area contributed by atoms with Crippen LogP contribution in [0.15, 0.2) is 91.0 Å². The van der Waals surface area contributed by atoms with E-state index in [4.69, 9.17) is 0 Å². The molecule has 27 heavy (non-hydrogen) atoms. The summed E-state index contributed by atoms with van der Waals surface area (Å²) in [6.07, 6.45) is 3.28. The normalized spacial score (nSPS) is 17.1. The molecule has 2 nitrogen and oxygen atoms in total. The molecule has 3 aromatic rings. The molecule has 0 N–H and O–H groups in total. The lowest BCUT2D eigenvalue weighted by atomic mass is 9.87. The van der Waals surface area contributed by atoms with E-state index < -0.39 is 0 Å². The Labute approximate surface area is 161 Å². The lowest BCUT2D eigenvalue weighted by Gasteiger charge is -2.38. The van der Waals surface area contributed by atoms with Gasteiger partial charge in [0.25, 0.3) is 0 Å². The zero-order valence-electron chi connectivity index (χ0n) is 15.5. The summed E-state index contributed by atoms with van der Waals surface area (Å²) in [5, 5.41) is 0. The molecule has 0 saturated carbocycles. The van der Waals surface area contributed by atoms with E-state index in [1.165, 1.54) is 12.0 Å². The number of carbonyl (C=O) groups excluding carboxylic acids is 1. The molecule has 136 valence electrons. The van der Waals surface area contributed by atoms with Crippen molar-refractivity contribution in [3.63, 3.8) is 0 Å². The second kappa shape index (κ2) is 8.22. The van der Waals surface area contributed by atoms with Crippen LogP contribution in [-0.4, -0.2) is 17.4 Å². The highest BCUT2D eigenvalue weighted by Crippen LogP contribution is 2.35. The Morgan fingerprint density at radius 3 is 1.81 bits per heavy atom. The Kier molecular flexibility index (Phi) is 5.34. The number of amides is 1. The number of piperidine rings is 1. The van der Waals surface area contributed by atoms with Crippen LogP contribution in [0.5, 0.6) is 0 Å². The maximum atomic E-state index is 13.8. The van der Waals surface area contributed by atoms with Gasteiger partial charge in [0, 0.05) is 6.54 Å². The predicted molar refractivity (Wildman–Crippen MR) is 109 cm³/mol. The van der Waals surface area contributed by atoms with Gasteiger partial charge in [0.15, 0.2) is 0 Å². The highest BCUT2D eigenvalue weighted by Gasteiger charge is 2.33. The van der Waals surface area contributed by atoms with E-state index >= 15 is 0 Å². The molecule has 0 radical (unpaired) electrons. The molecule has 1 heterocycles. The standard InChI is InChI=1S/C25H25NO/c27-25(26-19-11-10-18-23(26)20-12-4-1-5-13-20)24(21-14-6-2-7-15-21)22-16-8-3-9-17-22/h1-9,12-17,23-24H,10-11,18-19H2/t23-/m0/s1. The Morgan fingerprint density at radius 2 is 1.26 bits per heavy atom.